The van der Waals surface area contributed by atoms with Crippen molar-refractivity contribution in [3.05, 3.63) is 81.6 Å². The molecule has 1 aromatic heterocycles. The molecular weight excluding hydrogens is 397 g/mol. The number of aromatic nitrogens is 1. The second kappa shape index (κ2) is 9.09. The molecule has 6 heteroatoms. The first-order valence-corrected chi connectivity index (χ1v) is 9.64. The van der Waals surface area contributed by atoms with Crippen molar-refractivity contribution in [1.82, 2.24) is 4.98 Å². The zero-order valence-corrected chi connectivity index (χ0v) is 16.8. The molecule has 0 aliphatic carbocycles. The summed E-state index contributed by atoms with van der Waals surface area (Å²) in [7, 11) is 0. The Hall–Kier alpha value is -2.56. The summed E-state index contributed by atoms with van der Waals surface area (Å²) in [5.41, 5.74) is 2.94. The van der Waals surface area contributed by atoms with E-state index in [0.717, 1.165) is 29.7 Å². The predicted molar refractivity (Wildman–Crippen MR) is 111 cm³/mol. The van der Waals surface area contributed by atoms with E-state index < -0.39 is 5.97 Å². The fraction of sp³-hybridized carbons (Fsp3) is 0.182. The van der Waals surface area contributed by atoms with Gasteiger partial charge in [0.05, 0.1) is 11.3 Å². The lowest BCUT2D eigenvalue weighted by molar-refractivity contribution is 0.0693. The second-order valence-corrected chi connectivity index (χ2v) is 7.16. The lowest BCUT2D eigenvalue weighted by Crippen LogP contribution is -2.11. The van der Waals surface area contributed by atoms with E-state index in [0.29, 0.717) is 21.5 Å². The molecule has 0 aliphatic rings. The summed E-state index contributed by atoms with van der Waals surface area (Å²) in [4.78, 5) is 16.5. The molecule has 0 atom stereocenters. The van der Waals surface area contributed by atoms with Crippen molar-refractivity contribution in [1.29, 1.82) is 0 Å². The van der Waals surface area contributed by atoms with E-state index in [2.05, 4.69) is 11.9 Å². The first-order chi connectivity index (χ1) is 13.5. The number of rotatable bonds is 7. The maximum absolute atomic E-state index is 11.9. The summed E-state index contributed by atoms with van der Waals surface area (Å²) in [5.74, 6) is -0.452. The van der Waals surface area contributed by atoms with Crippen molar-refractivity contribution in [2.45, 2.75) is 26.4 Å². The van der Waals surface area contributed by atoms with Crippen molar-refractivity contribution in [2.24, 2.45) is 0 Å². The van der Waals surface area contributed by atoms with Gasteiger partial charge in [0.1, 0.15) is 12.4 Å². The van der Waals surface area contributed by atoms with E-state index in [9.17, 15) is 9.90 Å². The van der Waals surface area contributed by atoms with Crippen molar-refractivity contribution < 1.29 is 14.6 Å². The molecule has 0 amide bonds. The van der Waals surface area contributed by atoms with Gasteiger partial charge in [0.25, 0.3) is 0 Å². The zero-order chi connectivity index (χ0) is 20.1. The highest BCUT2D eigenvalue weighted by atomic mass is 35.5. The molecule has 0 bridgehead atoms. The summed E-state index contributed by atoms with van der Waals surface area (Å²) in [6, 6.07) is 15.9. The fourth-order valence-corrected chi connectivity index (χ4v) is 3.22. The van der Waals surface area contributed by atoms with Crippen LogP contribution >= 0.6 is 23.2 Å². The summed E-state index contributed by atoms with van der Waals surface area (Å²) in [6.45, 7) is 2.11. The molecular formula is C22H19Cl2NO3. The molecule has 1 N–H and O–H groups in total. The van der Waals surface area contributed by atoms with Crippen LogP contribution < -0.4 is 4.74 Å². The largest absolute Gasteiger partial charge is 0.487 e. The highest BCUT2D eigenvalue weighted by Crippen LogP contribution is 2.29. The molecule has 0 saturated heterocycles. The van der Waals surface area contributed by atoms with Crippen molar-refractivity contribution in [3.63, 3.8) is 0 Å². The Morgan fingerprint density at radius 2 is 1.79 bits per heavy atom. The van der Waals surface area contributed by atoms with Crippen molar-refractivity contribution in [2.75, 3.05) is 0 Å². The third kappa shape index (κ3) is 4.83. The number of nitrogens with zero attached hydrogens (tertiary/aromatic N) is 1. The SMILES string of the molecule is CCCc1nc(COc2ccc(Cl)cc2)c(C(=O)O)cc1-c1cccc(Cl)c1. The Kier molecular flexibility index (Phi) is 6.55. The van der Waals surface area contributed by atoms with Crippen LogP contribution in [-0.4, -0.2) is 16.1 Å². The average molecular weight is 416 g/mol. The number of halogens is 2. The number of carboxylic acid groups (broad SMARTS) is 1. The van der Waals surface area contributed by atoms with Gasteiger partial charge in [-0.25, -0.2) is 4.79 Å². The minimum absolute atomic E-state index is 0.0514. The first kappa shape index (κ1) is 20.2. The number of pyridine rings is 1. The molecule has 3 rings (SSSR count). The lowest BCUT2D eigenvalue weighted by Gasteiger charge is -2.15. The maximum atomic E-state index is 11.9. The van der Waals surface area contributed by atoms with Gasteiger partial charge in [0, 0.05) is 21.3 Å². The smallest absolute Gasteiger partial charge is 0.337 e. The highest BCUT2D eigenvalue weighted by molar-refractivity contribution is 6.31. The van der Waals surface area contributed by atoms with Gasteiger partial charge in [0.2, 0.25) is 0 Å². The van der Waals surface area contributed by atoms with Crippen LogP contribution in [0.25, 0.3) is 11.1 Å². The van der Waals surface area contributed by atoms with Gasteiger partial charge in [-0.1, -0.05) is 48.7 Å². The fourth-order valence-electron chi connectivity index (χ4n) is 2.91. The first-order valence-electron chi connectivity index (χ1n) is 8.88. The quantitative estimate of drug-likeness (QED) is 0.492. The van der Waals surface area contributed by atoms with Crippen LogP contribution in [0.5, 0.6) is 5.75 Å². The molecule has 3 aromatic rings. The molecule has 0 saturated carbocycles. The van der Waals surface area contributed by atoms with Crippen molar-refractivity contribution >= 4 is 29.2 Å². The van der Waals surface area contributed by atoms with E-state index >= 15 is 0 Å². The van der Waals surface area contributed by atoms with Gasteiger partial charge >= 0.3 is 5.97 Å². The minimum Gasteiger partial charge on any atom is -0.487 e. The normalized spacial score (nSPS) is 10.7. The Labute approximate surface area is 173 Å². The maximum Gasteiger partial charge on any atom is 0.337 e. The minimum atomic E-state index is -1.05. The van der Waals surface area contributed by atoms with E-state index in [1.807, 2.05) is 18.2 Å². The summed E-state index contributed by atoms with van der Waals surface area (Å²) >= 11 is 12.0. The summed E-state index contributed by atoms with van der Waals surface area (Å²) < 4.78 is 5.73. The molecule has 28 heavy (non-hydrogen) atoms. The molecule has 0 radical (unpaired) electrons. The molecule has 2 aromatic carbocycles. The monoisotopic (exact) mass is 415 g/mol. The number of carboxylic acids is 1. The van der Waals surface area contributed by atoms with Crippen LogP contribution in [0.3, 0.4) is 0 Å². The predicted octanol–water partition coefficient (Wildman–Crippen LogP) is 6.29. The number of hydrogen-bond donors (Lipinski definition) is 1. The number of hydrogen-bond acceptors (Lipinski definition) is 3. The van der Waals surface area contributed by atoms with E-state index in [1.165, 1.54) is 0 Å². The number of aryl methyl sites for hydroxylation is 1. The summed E-state index contributed by atoms with van der Waals surface area (Å²) in [5, 5.41) is 10.9. The molecule has 0 unspecified atom stereocenters. The molecule has 0 fully saturated rings. The van der Waals surface area contributed by atoms with Crippen LogP contribution in [-0.2, 0) is 13.0 Å². The number of carbonyl (C=O) groups is 1. The Balaban J connectivity index is 2.00. The Morgan fingerprint density at radius 3 is 2.43 bits per heavy atom. The third-order valence-electron chi connectivity index (χ3n) is 4.22. The Bertz CT molecular complexity index is 988. The van der Waals surface area contributed by atoms with Gasteiger partial charge in [-0.3, -0.25) is 4.98 Å². The van der Waals surface area contributed by atoms with Gasteiger partial charge in [-0.05, 0) is 54.4 Å². The van der Waals surface area contributed by atoms with Crippen LogP contribution in [0.2, 0.25) is 10.0 Å². The number of aromatic carboxylic acids is 1. The van der Waals surface area contributed by atoms with E-state index in [4.69, 9.17) is 27.9 Å². The number of ether oxygens (including phenoxy) is 1. The van der Waals surface area contributed by atoms with E-state index in [-0.39, 0.29) is 12.2 Å². The molecule has 0 spiro atoms. The third-order valence-corrected chi connectivity index (χ3v) is 4.71. The van der Waals surface area contributed by atoms with Crippen LogP contribution in [0.15, 0.2) is 54.6 Å². The van der Waals surface area contributed by atoms with Gasteiger partial charge in [-0.2, -0.15) is 0 Å². The highest BCUT2D eigenvalue weighted by Gasteiger charge is 2.18. The van der Waals surface area contributed by atoms with Crippen LogP contribution in [0.1, 0.15) is 35.1 Å². The van der Waals surface area contributed by atoms with Crippen LogP contribution in [0.4, 0.5) is 0 Å². The van der Waals surface area contributed by atoms with Gasteiger partial charge < -0.3 is 9.84 Å². The topological polar surface area (TPSA) is 59.4 Å². The molecule has 4 nitrogen and oxygen atoms in total. The van der Waals surface area contributed by atoms with Gasteiger partial charge in [0.15, 0.2) is 0 Å². The Morgan fingerprint density at radius 1 is 1.04 bits per heavy atom. The average Bonchev–Trinajstić information content (AvgIpc) is 2.67. The molecule has 0 aliphatic heterocycles. The molecule has 144 valence electrons. The zero-order valence-electron chi connectivity index (χ0n) is 15.3. The molecule has 1 heterocycles. The van der Waals surface area contributed by atoms with E-state index in [1.54, 1.807) is 36.4 Å². The van der Waals surface area contributed by atoms with Crippen molar-refractivity contribution in [3.8, 4) is 16.9 Å². The summed E-state index contributed by atoms with van der Waals surface area (Å²) in [6.07, 6.45) is 1.60. The number of benzene rings is 2. The standard InChI is InChI=1S/C22H19Cl2NO3/c1-2-4-20-18(14-5-3-6-16(24)11-14)12-19(22(26)27)21(25-20)13-28-17-9-7-15(23)8-10-17/h3,5-12H,2,4,13H2,1H3,(H,26,27). The lowest BCUT2D eigenvalue weighted by atomic mass is 9.98. The van der Waals surface area contributed by atoms with Crippen LogP contribution in [0, 0.1) is 0 Å². The van der Waals surface area contributed by atoms with Gasteiger partial charge in [-0.15, -0.1) is 0 Å². The second-order valence-electron chi connectivity index (χ2n) is 6.28.